The van der Waals surface area contributed by atoms with Gasteiger partial charge < -0.3 is 4.90 Å². The van der Waals surface area contributed by atoms with Crippen LogP contribution in [0, 0.1) is 17.5 Å². The lowest BCUT2D eigenvalue weighted by Gasteiger charge is -2.35. The molecular formula is C19H16F3N3O2S. The number of sulfonamides is 1. The molecule has 0 amide bonds. The standard InChI is InChI=1S/C19H16F3N3O2S/c20-13-3-1-2-4-17(13)28(26,27)25-11-9-24(10-12-25)16-7-8-23-19-15(22)6-5-14(21)18(16)19/h1-8H,9-12H2. The van der Waals surface area contributed by atoms with Crippen LogP contribution >= 0.6 is 0 Å². The number of aromatic nitrogens is 1. The molecule has 4 rings (SSSR count). The van der Waals surface area contributed by atoms with Gasteiger partial charge in [-0.15, -0.1) is 0 Å². The van der Waals surface area contributed by atoms with Crippen molar-refractivity contribution in [2.45, 2.75) is 4.90 Å². The van der Waals surface area contributed by atoms with Gasteiger partial charge in [-0.25, -0.2) is 21.6 Å². The van der Waals surface area contributed by atoms with Gasteiger partial charge in [-0.2, -0.15) is 4.31 Å². The molecule has 0 radical (unpaired) electrons. The number of rotatable bonds is 3. The quantitative estimate of drug-likeness (QED) is 0.669. The number of fused-ring (bicyclic) bond motifs is 1. The van der Waals surface area contributed by atoms with E-state index in [4.69, 9.17) is 0 Å². The second-order valence-electron chi connectivity index (χ2n) is 6.40. The van der Waals surface area contributed by atoms with Gasteiger partial charge in [0.25, 0.3) is 0 Å². The van der Waals surface area contributed by atoms with E-state index in [9.17, 15) is 21.6 Å². The average Bonchev–Trinajstić information content (AvgIpc) is 2.71. The largest absolute Gasteiger partial charge is 0.368 e. The van der Waals surface area contributed by atoms with E-state index in [2.05, 4.69) is 4.98 Å². The fourth-order valence-electron chi connectivity index (χ4n) is 3.40. The third-order valence-corrected chi connectivity index (χ3v) is 6.74. The number of benzene rings is 2. The molecule has 2 aromatic carbocycles. The van der Waals surface area contributed by atoms with Crippen molar-refractivity contribution in [2.75, 3.05) is 31.1 Å². The van der Waals surface area contributed by atoms with Gasteiger partial charge in [0, 0.05) is 32.4 Å². The minimum atomic E-state index is -3.97. The van der Waals surface area contributed by atoms with Crippen LogP contribution in [0.3, 0.4) is 0 Å². The summed E-state index contributed by atoms with van der Waals surface area (Å²) in [6, 6.07) is 8.86. The Morgan fingerprint density at radius 1 is 0.821 bits per heavy atom. The monoisotopic (exact) mass is 407 g/mol. The summed E-state index contributed by atoms with van der Waals surface area (Å²) in [5.41, 5.74) is 0.379. The van der Waals surface area contributed by atoms with E-state index in [-0.39, 0.29) is 42.0 Å². The second kappa shape index (κ2) is 7.06. The van der Waals surface area contributed by atoms with E-state index in [1.807, 2.05) is 0 Å². The summed E-state index contributed by atoms with van der Waals surface area (Å²) >= 11 is 0. The molecule has 0 unspecified atom stereocenters. The number of hydrogen-bond acceptors (Lipinski definition) is 4. The number of hydrogen-bond donors (Lipinski definition) is 0. The molecule has 0 N–H and O–H groups in total. The molecule has 1 aliphatic rings. The van der Waals surface area contributed by atoms with Crippen LogP contribution in [0.1, 0.15) is 0 Å². The van der Waals surface area contributed by atoms with E-state index in [0.717, 1.165) is 18.2 Å². The van der Waals surface area contributed by atoms with Crippen molar-refractivity contribution in [1.82, 2.24) is 9.29 Å². The third kappa shape index (κ3) is 3.10. The molecule has 0 saturated carbocycles. The highest BCUT2D eigenvalue weighted by molar-refractivity contribution is 7.89. The van der Waals surface area contributed by atoms with Gasteiger partial charge in [0.1, 0.15) is 27.9 Å². The molecule has 0 bridgehead atoms. The Hall–Kier alpha value is -2.65. The molecule has 0 atom stereocenters. The molecule has 1 fully saturated rings. The van der Waals surface area contributed by atoms with Crippen LogP contribution in [0.2, 0.25) is 0 Å². The van der Waals surface area contributed by atoms with Crippen molar-refractivity contribution in [3.05, 3.63) is 66.1 Å². The summed E-state index contributed by atoms with van der Waals surface area (Å²) in [5.74, 6) is -2.03. The van der Waals surface area contributed by atoms with Crippen molar-refractivity contribution < 1.29 is 21.6 Å². The zero-order valence-electron chi connectivity index (χ0n) is 14.6. The maximum absolute atomic E-state index is 14.3. The first-order valence-electron chi connectivity index (χ1n) is 8.62. The van der Waals surface area contributed by atoms with Gasteiger partial charge in [0.05, 0.1) is 11.1 Å². The van der Waals surface area contributed by atoms with Gasteiger partial charge in [-0.3, -0.25) is 4.98 Å². The predicted octanol–water partition coefficient (Wildman–Crippen LogP) is 3.16. The van der Waals surface area contributed by atoms with E-state index in [0.29, 0.717) is 5.69 Å². The second-order valence-corrected chi connectivity index (χ2v) is 8.31. The highest BCUT2D eigenvalue weighted by Crippen LogP contribution is 2.31. The summed E-state index contributed by atoms with van der Waals surface area (Å²) < 4.78 is 68.9. The van der Waals surface area contributed by atoms with Crippen LogP contribution in [-0.2, 0) is 10.0 Å². The lowest BCUT2D eigenvalue weighted by molar-refractivity contribution is 0.382. The Morgan fingerprint density at radius 3 is 2.21 bits per heavy atom. The van der Waals surface area contributed by atoms with Gasteiger partial charge in [0.15, 0.2) is 0 Å². The Labute approximate surface area is 160 Å². The van der Waals surface area contributed by atoms with Crippen molar-refractivity contribution in [3.63, 3.8) is 0 Å². The zero-order chi connectivity index (χ0) is 19.9. The molecular weight excluding hydrogens is 391 g/mol. The number of nitrogens with zero attached hydrogens (tertiary/aromatic N) is 3. The maximum Gasteiger partial charge on any atom is 0.246 e. The first-order chi connectivity index (χ1) is 13.4. The smallest absolute Gasteiger partial charge is 0.246 e. The van der Waals surface area contributed by atoms with Crippen LogP contribution in [0.5, 0.6) is 0 Å². The molecule has 9 heteroatoms. The predicted molar refractivity (Wildman–Crippen MR) is 99.0 cm³/mol. The van der Waals surface area contributed by atoms with Crippen molar-refractivity contribution >= 4 is 26.6 Å². The van der Waals surface area contributed by atoms with Crippen LogP contribution < -0.4 is 4.90 Å². The first-order valence-corrected chi connectivity index (χ1v) is 10.1. The molecule has 2 heterocycles. The van der Waals surface area contributed by atoms with Crippen molar-refractivity contribution in [2.24, 2.45) is 0 Å². The van der Waals surface area contributed by atoms with Crippen LogP contribution in [-0.4, -0.2) is 43.9 Å². The molecule has 1 saturated heterocycles. The molecule has 0 spiro atoms. The van der Waals surface area contributed by atoms with Gasteiger partial charge in [-0.1, -0.05) is 12.1 Å². The average molecular weight is 407 g/mol. The Bertz CT molecular complexity index is 1150. The molecule has 28 heavy (non-hydrogen) atoms. The Balaban J connectivity index is 1.61. The molecule has 0 aliphatic carbocycles. The van der Waals surface area contributed by atoms with Crippen LogP contribution in [0.4, 0.5) is 18.9 Å². The maximum atomic E-state index is 14.3. The fraction of sp³-hybridized carbons (Fsp3) is 0.211. The highest BCUT2D eigenvalue weighted by Gasteiger charge is 2.31. The van der Waals surface area contributed by atoms with Crippen LogP contribution in [0.25, 0.3) is 10.9 Å². The molecule has 5 nitrogen and oxygen atoms in total. The lowest BCUT2D eigenvalue weighted by Crippen LogP contribution is -2.48. The SMILES string of the molecule is O=S(=O)(c1ccccc1F)N1CCN(c2ccnc3c(F)ccc(F)c23)CC1. The Morgan fingerprint density at radius 2 is 1.50 bits per heavy atom. The fourth-order valence-corrected chi connectivity index (χ4v) is 4.89. The van der Waals surface area contributed by atoms with Gasteiger partial charge in [-0.05, 0) is 30.3 Å². The number of piperazine rings is 1. The zero-order valence-corrected chi connectivity index (χ0v) is 15.5. The third-order valence-electron chi connectivity index (χ3n) is 4.80. The normalized spacial score (nSPS) is 15.9. The highest BCUT2D eigenvalue weighted by atomic mass is 32.2. The van der Waals surface area contributed by atoms with E-state index < -0.39 is 27.5 Å². The summed E-state index contributed by atoms with van der Waals surface area (Å²) in [4.78, 5) is 5.32. The van der Waals surface area contributed by atoms with Crippen molar-refractivity contribution in [1.29, 1.82) is 0 Å². The van der Waals surface area contributed by atoms with Gasteiger partial charge in [0.2, 0.25) is 10.0 Å². The van der Waals surface area contributed by atoms with E-state index in [1.165, 1.54) is 28.7 Å². The summed E-state index contributed by atoms with van der Waals surface area (Å²) in [6.07, 6.45) is 1.39. The molecule has 1 aromatic heterocycles. The van der Waals surface area contributed by atoms with Crippen molar-refractivity contribution in [3.8, 4) is 0 Å². The van der Waals surface area contributed by atoms with E-state index in [1.54, 1.807) is 11.0 Å². The number of anilines is 1. The molecule has 3 aromatic rings. The summed E-state index contributed by atoms with van der Waals surface area (Å²) in [6.45, 7) is 0.695. The Kier molecular flexibility index (Phi) is 4.72. The van der Waals surface area contributed by atoms with Crippen LogP contribution in [0.15, 0.2) is 53.6 Å². The lowest BCUT2D eigenvalue weighted by atomic mass is 10.1. The molecule has 146 valence electrons. The first kappa shape index (κ1) is 18.7. The van der Waals surface area contributed by atoms with Gasteiger partial charge >= 0.3 is 0 Å². The minimum Gasteiger partial charge on any atom is -0.368 e. The van der Waals surface area contributed by atoms with E-state index >= 15 is 0 Å². The number of halogens is 3. The topological polar surface area (TPSA) is 53.5 Å². The minimum absolute atomic E-state index is 0.0629. The number of pyridine rings is 1. The molecule has 1 aliphatic heterocycles. The summed E-state index contributed by atoms with van der Waals surface area (Å²) in [7, 11) is -3.97. The summed E-state index contributed by atoms with van der Waals surface area (Å²) in [5, 5.41) is 0.0629.